The maximum atomic E-state index is 14.1. The number of anilines is 1. The third-order valence-corrected chi connectivity index (χ3v) is 7.82. The summed E-state index contributed by atoms with van der Waals surface area (Å²) in [5.41, 5.74) is -1.69. The molecular weight excluding hydrogens is 526 g/mol. The third-order valence-electron chi connectivity index (χ3n) is 6.06. The molecule has 2 heterocycles. The van der Waals surface area contributed by atoms with Gasteiger partial charge in [0.1, 0.15) is 17.3 Å². The van der Waals surface area contributed by atoms with Gasteiger partial charge in [0.25, 0.3) is 10.0 Å². The number of halogens is 6. The molecule has 6 nitrogen and oxygen atoms in total. The van der Waals surface area contributed by atoms with Crippen LogP contribution in [0, 0.1) is 5.82 Å². The highest BCUT2D eigenvalue weighted by Crippen LogP contribution is 2.44. The number of hydrogen-bond donors (Lipinski definition) is 1. The summed E-state index contributed by atoms with van der Waals surface area (Å²) in [4.78, 5) is -0.568. The lowest BCUT2D eigenvalue weighted by Gasteiger charge is -2.49. The highest BCUT2D eigenvalue weighted by Gasteiger charge is 2.48. The second kappa shape index (κ2) is 8.84. The number of fused-ring (bicyclic) bond motifs is 1. The van der Waals surface area contributed by atoms with Gasteiger partial charge in [-0.15, -0.1) is 0 Å². The highest BCUT2D eigenvalue weighted by atomic mass is 32.2. The number of benzene rings is 3. The fourth-order valence-electron chi connectivity index (χ4n) is 4.25. The van der Waals surface area contributed by atoms with Crippen molar-refractivity contribution in [2.75, 3.05) is 23.9 Å². The van der Waals surface area contributed by atoms with E-state index in [0.29, 0.717) is 19.2 Å². The summed E-state index contributed by atoms with van der Waals surface area (Å²) < 4.78 is 118. The minimum atomic E-state index is -4.75. The fourth-order valence-corrected chi connectivity index (χ4v) is 5.84. The molecule has 0 aromatic heterocycles. The Balaban J connectivity index is 1.61. The Kier molecular flexibility index (Phi) is 6.02. The Morgan fingerprint density at radius 1 is 1.00 bits per heavy atom. The van der Waals surface area contributed by atoms with E-state index >= 15 is 0 Å². The standard InChI is InChI=1S/C24H18F6N2O4S/c25-17-6-15(7-18(10-17)35-22(26)27)14-4-5-21-20(8-14)32(13-23(36-21)11-31-12-23)37(33,34)19-3-1-2-16(9-19)24(28,29)30/h1-10,22,31H,11-13H2. The second-order valence-corrected chi connectivity index (χ2v) is 10.5. The molecule has 37 heavy (non-hydrogen) atoms. The first-order chi connectivity index (χ1) is 17.4. The first-order valence-electron chi connectivity index (χ1n) is 10.9. The predicted octanol–water partition coefficient (Wildman–Crippen LogP) is 5.04. The Bertz CT molecular complexity index is 1460. The van der Waals surface area contributed by atoms with Gasteiger partial charge in [-0.25, -0.2) is 12.8 Å². The number of alkyl halides is 5. The lowest BCUT2D eigenvalue weighted by Crippen LogP contribution is -2.70. The normalized spacial score (nSPS) is 16.8. The maximum absolute atomic E-state index is 14.1. The molecule has 1 spiro atoms. The number of nitrogens with zero attached hydrogens (tertiary/aromatic N) is 1. The van der Waals surface area contributed by atoms with E-state index in [1.165, 1.54) is 18.2 Å². The molecule has 3 aromatic rings. The lowest BCUT2D eigenvalue weighted by molar-refractivity contribution is -0.137. The van der Waals surface area contributed by atoms with Gasteiger partial charge in [-0.2, -0.15) is 22.0 Å². The van der Waals surface area contributed by atoms with E-state index in [0.717, 1.165) is 40.7 Å². The third kappa shape index (κ3) is 4.80. The molecule has 3 aromatic carbocycles. The molecule has 13 heteroatoms. The van der Waals surface area contributed by atoms with Gasteiger partial charge in [0.2, 0.25) is 0 Å². The predicted molar refractivity (Wildman–Crippen MR) is 121 cm³/mol. The SMILES string of the molecule is O=S(=O)(c1cccc(C(F)(F)F)c1)N1CC2(CNC2)Oc2ccc(-c3cc(F)cc(OC(F)F)c3)cc21. The fraction of sp³-hybridized carbons (Fsp3) is 0.250. The molecule has 5 rings (SSSR count). The number of sulfonamides is 1. The smallest absolute Gasteiger partial charge is 0.416 e. The van der Waals surface area contributed by atoms with Gasteiger partial charge in [0.15, 0.2) is 5.60 Å². The number of hydrogen-bond acceptors (Lipinski definition) is 5. The van der Waals surface area contributed by atoms with Crippen LogP contribution in [0.5, 0.6) is 11.5 Å². The van der Waals surface area contributed by atoms with Crippen molar-refractivity contribution < 1.29 is 44.2 Å². The quantitative estimate of drug-likeness (QED) is 0.456. The van der Waals surface area contributed by atoms with Crippen molar-refractivity contribution in [3.8, 4) is 22.6 Å². The summed E-state index contributed by atoms with van der Waals surface area (Å²) in [7, 11) is -4.51. The number of rotatable bonds is 5. The molecule has 1 N–H and O–H groups in total. The average Bonchev–Trinajstić information content (AvgIpc) is 2.80. The van der Waals surface area contributed by atoms with Crippen LogP contribution in [-0.2, 0) is 16.2 Å². The molecule has 0 amide bonds. The molecule has 0 bridgehead atoms. The average molecular weight is 544 g/mol. The van der Waals surface area contributed by atoms with Crippen LogP contribution in [0.2, 0.25) is 0 Å². The van der Waals surface area contributed by atoms with Gasteiger partial charge in [-0.3, -0.25) is 4.31 Å². The van der Waals surface area contributed by atoms with Gasteiger partial charge in [0, 0.05) is 19.2 Å². The number of nitrogens with one attached hydrogen (secondary N) is 1. The van der Waals surface area contributed by atoms with Crippen molar-refractivity contribution in [1.82, 2.24) is 5.32 Å². The molecule has 0 aliphatic carbocycles. The van der Waals surface area contributed by atoms with E-state index < -0.39 is 50.4 Å². The Morgan fingerprint density at radius 2 is 1.76 bits per heavy atom. The minimum Gasteiger partial charge on any atom is -0.480 e. The van der Waals surface area contributed by atoms with Crippen LogP contribution >= 0.6 is 0 Å². The second-order valence-electron chi connectivity index (χ2n) is 8.66. The molecule has 1 saturated heterocycles. The monoisotopic (exact) mass is 544 g/mol. The van der Waals surface area contributed by atoms with Crippen molar-refractivity contribution in [2.45, 2.75) is 23.3 Å². The molecule has 0 saturated carbocycles. The van der Waals surface area contributed by atoms with Gasteiger partial charge < -0.3 is 14.8 Å². The highest BCUT2D eigenvalue weighted by molar-refractivity contribution is 7.92. The minimum absolute atomic E-state index is 0.00743. The maximum Gasteiger partial charge on any atom is 0.416 e. The first kappa shape index (κ1) is 25.2. The van der Waals surface area contributed by atoms with Crippen LogP contribution in [-0.4, -0.2) is 40.3 Å². The molecule has 0 radical (unpaired) electrons. The Labute approximate surface area is 207 Å². The van der Waals surface area contributed by atoms with Gasteiger partial charge >= 0.3 is 12.8 Å². The first-order valence-corrected chi connectivity index (χ1v) is 12.3. The Morgan fingerprint density at radius 3 is 2.41 bits per heavy atom. The van der Waals surface area contributed by atoms with Crippen molar-refractivity contribution in [3.63, 3.8) is 0 Å². The van der Waals surface area contributed by atoms with Crippen LogP contribution in [0.15, 0.2) is 65.6 Å². The van der Waals surface area contributed by atoms with Crippen LogP contribution in [0.3, 0.4) is 0 Å². The molecular formula is C24H18F6N2O4S. The van der Waals surface area contributed by atoms with Crippen molar-refractivity contribution >= 4 is 15.7 Å². The summed E-state index contributed by atoms with van der Waals surface area (Å²) in [6.45, 7) is -2.77. The zero-order chi connectivity index (χ0) is 26.6. The van der Waals surface area contributed by atoms with Crippen molar-refractivity contribution in [2.24, 2.45) is 0 Å². The summed E-state index contributed by atoms with van der Waals surface area (Å²) in [5.74, 6) is -1.16. The van der Waals surface area contributed by atoms with E-state index in [9.17, 15) is 34.8 Å². The molecule has 1 fully saturated rings. The van der Waals surface area contributed by atoms with Crippen LogP contribution in [0.4, 0.5) is 32.0 Å². The van der Waals surface area contributed by atoms with Gasteiger partial charge in [0.05, 0.1) is 22.7 Å². The van der Waals surface area contributed by atoms with E-state index in [1.54, 1.807) is 0 Å². The molecule has 0 unspecified atom stereocenters. The van der Waals surface area contributed by atoms with Crippen LogP contribution in [0.1, 0.15) is 5.56 Å². The van der Waals surface area contributed by atoms with Crippen molar-refractivity contribution in [1.29, 1.82) is 0 Å². The van der Waals surface area contributed by atoms with E-state index in [2.05, 4.69) is 10.1 Å². The van der Waals surface area contributed by atoms with Gasteiger partial charge in [-0.05, 0) is 53.6 Å². The summed E-state index contributed by atoms with van der Waals surface area (Å²) in [5, 5.41) is 3.00. The van der Waals surface area contributed by atoms with E-state index in [-0.39, 0.29) is 29.1 Å². The molecule has 2 aliphatic rings. The summed E-state index contributed by atoms with van der Waals surface area (Å²) in [6, 6.07) is 10.6. The summed E-state index contributed by atoms with van der Waals surface area (Å²) in [6.07, 6.45) is -4.75. The van der Waals surface area contributed by atoms with Gasteiger partial charge in [-0.1, -0.05) is 12.1 Å². The molecule has 196 valence electrons. The van der Waals surface area contributed by atoms with Crippen LogP contribution in [0.25, 0.3) is 11.1 Å². The van der Waals surface area contributed by atoms with Crippen LogP contribution < -0.4 is 19.1 Å². The largest absolute Gasteiger partial charge is 0.480 e. The van der Waals surface area contributed by atoms with Crippen molar-refractivity contribution in [3.05, 3.63) is 72.0 Å². The lowest BCUT2D eigenvalue weighted by atomic mass is 9.94. The summed E-state index contributed by atoms with van der Waals surface area (Å²) >= 11 is 0. The zero-order valence-corrected chi connectivity index (χ0v) is 19.5. The molecule has 0 atom stereocenters. The van der Waals surface area contributed by atoms with E-state index in [1.807, 2.05) is 0 Å². The van der Waals surface area contributed by atoms with E-state index in [4.69, 9.17) is 4.74 Å². The Hall–Kier alpha value is -3.45. The topological polar surface area (TPSA) is 67.9 Å². The number of ether oxygens (including phenoxy) is 2. The molecule has 2 aliphatic heterocycles. The zero-order valence-electron chi connectivity index (χ0n) is 18.7.